The molecule has 6 nitrogen and oxygen atoms in total. The molecule has 2 aromatic carbocycles. The fourth-order valence-corrected chi connectivity index (χ4v) is 2.19. The summed E-state index contributed by atoms with van der Waals surface area (Å²) in [7, 11) is 0. The smallest absolute Gasteiger partial charge is 0.508 e. The van der Waals surface area contributed by atoms with Crippen molar-refractivity contribution in [2.45, 2.75) is 6.36 Å². The number of hydrogen-bond donors (Lipinski definition) is 2. The summed E-state index contributed by atoms with van der Waals surface area (Å²) in [5.41, 5.74) is -0.830. The Hall–Kier alpha value is -3.49. The molecule has 1 heterocycles. The molecular weight excluding hydrogens is 355 g/mol. The number of hydrogen-bond acceptors (Lipinski definition) is 5. The van der Waals surface area contributed by atoms with Crippen molar-refractivity contribution < 1.29 is 32.2 Å². The molecule has 0 bridgehead atoms. The number of halogens is 3. The Kier molecular flexibility index (Phi) is 4.29. The van der Waals surface area contributed by atoms with Gasteiger partial charge in [-0.2, -0.15) is 0 Å². The molecule has 0 atom stereocenters. The molecule has 134 valence electrons. The first-order valence-corrected chi connectivity index (χ1v) is 7.15. The number of amides is 1. The van der Waals surface area contributed by atoms with Crippen molar-refractivity contribution >= 4 is 22.6 Å². The summed E-state index contributed by atoms with van der Waals surface area (Å²) < 4.78 is 45.1. The number of aromatic hydroxyl groups is 1. The minimum absolute atomic E-state index is 0.0183. The van der Waals surface area contributed by atoms with Gasteiger partial charge in [0.25, 0.3) is 5.91 Å². The van der Waals surface area contributed by atoms with Gasteiger partial charge in [0.1, 0.15) is 22.8 Å². The van der Waals surface area contributed by atoms with Crippen molar-refractivity contribution in [3.63, 3.8) is 0 Å². The summed E-state index contributed by atoms with van der Waals surface area (Å²) in [6.07, 6.45) is -4.83. The first-order valence-electron chi connectivity index (χ1n) is 7.15. The van der Waals surface area contributed by atoms with Crippen LogP contribution in [0.5, 0.6) is 11.5 Å². The van der Waals surface area contributed by atoms with E-state index in [0.717, 1.165) is 24.3 Å². The number of carbonyl (C=O) groups is 1. The van der Waals surface area contributed by atoms with E-state index in [-0.39, 0.29) is 22.6 Å². The second kappa shape index (κ2) is 6.43. The van der Waals surface area contributed by atoms with E-state index in [1.807, 2.05) is 0 Å². The summed E-state index contributed by atoms with van der Waals surface area (Å²) in [5, 5.41) is 12.2. The number of rotatable bonds is 3. The van der Waals surface area contributed by atoms with Crippen LogP contribution in [0.2, 0.25) is 0 Å². The van der Waals surface area contributed by atoms with Crippen LogP contribution in [-0.2, 0) is 0 Å². The van der Waals surface area contributed by atoms with Gasteiger partial charge in [0, 0.05) is 17.0 Å². The van der Waals surface area contributed by atoms with Gasteiger partial charge in [-0.3, -0.25) is 4.79 Å². The quantitative estimate of drug-likeness (QED) is 0.692. The van der Waals surface area contributed by atoms with Crippen LogP contribution in [0.3, 0.4) is 0 Å². The first-order chi connectivity index (χ1) is 12.2. The summed E-state index contributed by atoms with van der Waals surface area (Å²) in [6, 6.07) is 9.69. The third kappa shape index (κ3) is 3.94. The van der Waals surface area contributed by atoms with Gasteiger partial charge >= 0.3 is 12.0 Å². The lowest BCUT2D eigenvalue weighted by Gasteiger charge is -2.09. The van der Waals surface area contributed by atoms with Crippen LogP contribution in [-0.4, -0.2) is 17.4 Å². The van der Waals surface area contributed by atoms with E-state index in [0.29, 0.717) is 5.39 Å². The molecule has 0 fully saturated rings. The topological polar surface area (TPSA) is 88.8 Å². The van der Waals surface area contributed by atoms with Crippen LogP contribution in [0.15, 0.2) is 57.7 Å². The van der Waals surface area contributed by atoms with Crippen LogP contribution in [0.4, 0.5) is 18.9 Å². The van der Waals surface area contributed by atoms with Gasteiger partial charge in [0.05, 0.1) is 0 Å². The number of carbonyl (C=O) groups excluding carboxylic acids is 1. The average Bonchev–Trinajstić information content (AvgIpc) is 2.55. The van der Waals surface area contributed by atoms with Gasteiger partial charge in [-0.25, -0.2) is 4.79 Å². The molecule has 1 amide bonds. The van der Waals surface area contributed by atoms with E-state index in [1.165, 1.54) is 24.3 Å². The van der Waals surface area contributed by atoms with Gasteiger partial charge < -0.3 is 19.6 Å². The standard InChI is InChI=1S/C17H10F3NO5/c18-17(19,20)26-12-5-2-9(3-6-12)15(23)21-13-7-10-1-4-11(22)8-14(10)25-16(13)24/h1-8,22H,(H,21,23). The highest BCUT2D eigenvalue weighted by molar-refractivity contribution is 6.04. The third-order valence-corrected chi connectivity index (χ3v) is 3.32. The van der Waals surface area contributed by atoms with Gasteiger partial charge in [-0.05, 0) is 42.5 Å². The second-order valence-electron chi connectivity index (χ2n) is 5.20. The summed E-state index contributed by atoms with van der Waals surface area (Å²) in [6.45, 7) is 0. The predicted molar refractivity (Wildman–Crippen MR) is 85.2 cm³/mol. The zero-order valence-electron chi connectivity index (χ0n) is 12.8. The summed E-state index contributed by atoms with van der Waals surface area (Å²) in [4.78, 5) is 24.1. The number of anilines is 1. The normalized spacial score (nSPS) is 11.3. The lowest BCUT2D eigenvalue weighted by Crippen LogP contribution is -2.18. The van der Waals surface area contributed by atoms with Crippen LogP contribution >= 0.6 is 0 Å². The van der Waals surface area contributed by atoms with Gasteiger partial charge in [-0.1, -0.05) is 0 Å². The van der Waals surface area contributed by atoms with Crippen molar-refractivity contribution in [2.24, 2.45) is 0 Å². The van der Waals surface area contributed by atoms with Crippen LogP contribution in [0.1, 0.15) is 10.4 Å². The lowest BCUT2D eigenvalue weighted by molar-refractivity contribution is -0.274. The number of benzene rings is 2. The van der Waals surface area contributed by atoms with Crippen LogP contribution in [0.25, 0.3) is 11.0 Å². The van der Waals surface area contributed by atoms with E-state index < -0.39 is 23.6 Å². The van der Waals surface area contributed by atoms with Crippen molar-refractivity contribution in [3.8, 4) is 11.5 Å². The number of fused-ring (bicyclic) bond motifs is 1. The van der Waals surface area contributed by atoms with E-state index in [9.17, 15) is 27.9 Å². The number of alkyl halides is 3. The number of ether oxygens (including phenoxy) is 1. The minimum atomic E-state index is -4.83. The molecule has 3 rings (SSSR count). The van der Waals surface area contributed by atoms with Crippen molar-refractivity contribution in [1.29, 1.82) is 0 Å². The fraction of sp³-hybridized carbons (Fsp3) is 0.0588. The molecule has 0 aliphatic carbocycles. The highest BCUT2D eigenvalue weighted by Crippen LogP contribution is 2.23. The molecule has 0 spiro atoms. The molecular formula is C17H10F3NO5. The Morgan fingerprint density at radius 3 is 2.42 bits per heavy atom. The Balaban J connectivity index is 1.81. The van der Waals surface area contributed by atoms with E-state index in [4.69, 9.17) is 4.42 Å². The van der Waals surface area contributed by atoms with Crippen LogP contribution in [0, 0.1) is 0 Å². The van der Waals surface area contributed by atoms with E-state index in [2.05, 4.69) is 10.1 Å². The zero-order valence-corrected chi connectivity index (χ0v) is 12.8. The summed E-state index contributed by atoms with van der Waals surface area (Å²) >= 11 is 0. The zero-order chi connectivity index (χ0) is 18.9. The molecule has 0 unspecified atom stereocenters. The van der Waals surface area contributed by atoms with Gasteiger partial charge in [0.2, 0.25) is 0 Å². The molecule has 3 aromatic rings. The first kappa shape index (κ1) is 17.3. The molecule has 0 aliphatic heterocycles. The monoisotopic (exact) mass is 365 g/mol. The van der Waals surface area contributed by atoms with Crippen molar-refractivity contribution in [2.75, 3.05) is 5.32 Å². The highest BCUT2D eigenvalue weighted by Gasteiger charge is 2.31. The Morgan fingerprint density at radius 1 is 1.08 bits per heavy atom. The maximum atomic E-state index is 12.2. The average molecular weight is 365 g/mol. The maximum absolute atomic E-state index is 12.2. The molecule has 2 N–H and O–H groups in total. The Morgan fingerprint density at radius 2 is 1.77 bits per heavy atom. The second-order valence-corrected chi connectivity index (χ2v) is 5.20. The Bertz CT molecular complexity index is 1030. The molecule has 0 saturated carbocycles. The molecule has 1 aromatic heterocycles. The third-order valence-electron chi connectivity index (χ3n) is 3.32. The van der Waals surface area contributed by atoms with Crippen molar-refractivity contribution in [1.82, 2.24) is 0 Å². The largest absolute Gasteiger partial charge is 0.573 e. The predicted octanol–water partition coefficient (Wildman–Crippen LogP) is 3.65. The van der Waals surface area contributed by atoms with Crippen molar-refractivity contribution in [3.05, 3.63) is 64.5 Å². The van der Waals surface area contributed by atoms with E-state index >= 15 is 0 Å². The lowest BCUT2D eigenvalue weighted by atomic mass is 10.2. The van der Waals surface area contributed by atoms with Crippen LogP contribution < -0.4 is 15.7 Å². The maximum Gasteiger partial charge on any atom is 0.573 e. The fourth-order valence-electron chi connectivity index (χ4n) is 2.19. The highest BCUT2D eigenvalue weighted by atomic mass is 19.4. The Labute approximate surface area is 143 Å². The van der Waals surface area contributed by atoms with Gasteiger partial charge in [0.15, 0.2) is 0 Å². The molecule has 26 heavy (non-hydrogen) atoms. The SMILES string of the molecule is O=C(Nc1cc2ccc(O)cc2oc1=O)c1ccc(OC(F)(F)F)cc1. The molecule has 0 saturated heterocycles. The van der Waals surface area contributed by atoms with Gasteiger partial charge in [-0.15, -0.1) is 13.2 Å². The number of nitrogens with one attached hydrogen (secondary N) is 1. The minimum Gasteiger partial charge on any atom is -0.508 e. The molecule has 0 aliphatic rings. The molecule has 0 radical (unpaired) electrons. The van der Waals surface area contributed by atoms with E-state index in [1.54, 1.807) is 0 Å². The molecule has 9 heteroatoms. The number of phenols is 1. The summed E-state index contributed by atoms with van der Waals surface area (Å²) in [5.74, 6) is -1.27. The number of phenolic OH excluding ortho intramolecular Hbond substituents is 1.